The molecule has 0 aromatic heterocycles. The van der Waals surface area contributed by atoms with Gasteiger partial charge in [0.15, 0.2) is 6.29 Å². The third-order valence-electron chi connectivity index (χ3n) is 3.07. The van der Waals surface area contributed by atoms with Crippen LogP contribution in [0.5, 0.6) is 0 Å². The number of rotatable bonds is 4. The lowest BCUT2D eigenvalue weighted by Crippen LogP contribution is -2.52. The molecule has 0 spiro atoms. The van der Waals surface area contributed by atoms with Crippen LogP contribution < -0.4 is 0 Å². The molecule has 19 heavy (non-hydrogen) atoms. The Bertz CT molecular complexity index is 384. The van der Waals surface area contributed by atoms with Crippen molar-refractivity contribution in [3.05, 3.63) is 35.9 Å². The zero-order valence-corrected chi connectivity index (χ0v) is 10.3. The van der Waals surface area contributed by atoms with E-state index in [9.17, 15) is 15.3 Å². The third kappa shape index (κ3) is 3.30. The van der Waals surface area contributed by atoms with E-state index in [1.54, 1.807) is 12.1 Å². The second-order valence-electron chi connectivity index (χ2n) is 4.48. The molecule has 5 atom stereocenters. The van der Waals surface area contributed by atoms with Crippen LogP contribution >= 0.6 is 0 Å². The average molecular weight is 270 g/mol. The van der Waals surface area contributed by atoms with Gasteiger partial charge in [-0.25, -0.2) is 0 Å². The Hall–Kier alpha value is -1.02. The maximum atomic E-state index is 9.83. The molecule has 106 valence electrons. The summed E-state index contributed by atoms with van der Waals surface area (Å²) in [7, 11) is 0. The summed E-state index contributed by atoms with van der Waals surface area (Å²) in [5, 5.41) is 37.8. The molecule has 1 heterocycles. The zero-order valence-electron chi connectivity index (χ0n) is 10.3. The molecule has 1 fully saturated rings. The van der Waals surface area contributed by atoms with E-state index in [4.69, 9.17) is 14.6 Å². The fraction of sp³-hybridized carbons (Fsp3) is 0.538. The van der Waals surface area contributed by atoms with Gasteiger partial charge in [0, 0.05) is 5.56 Å². The van der Waals surface area contributed by atoms with Crippen molar-refractivity contribution in [1.82, 2.24) is 0 Å². The van der Waals surface area contributed by atoms with Crippen LogP contribution in [0.1, 0.15) is 11.9 Å². The number of aliphatic hydroxyl groups is 4. The summed E-state index contributed by atoms with van der Waals surface area (Å²) in [6, 6.07) is 9.09. The van der Waals surface area contributed by atoms with E-state index in [0.29, 0.717) is 0 Å². The van der Waals surface area contributed by atoms with E-state index in [1.165, 1.54) is 0 Å². The van der Waals surface area contributed by atoms with E-state index in [1.807, 2.05) is 18.2 Å². The highest BCUT2D eigenvalue weighted by molar-refractivity contribution is 5.16. The summed E-state index contributed by atoms with van der Waals surface area (Å²) < 4.78 is 10.8. The maximum absolute atomic E-state index is 9.83. The summed E-state index contributed by atoms with van der Waals surface area (Å²) in [5.74, 6) is 0. The molecule has 1 aliphatic rings. The topological polar surface area (TPSA) is 99.4 Å². The average Bonchev–Trinajstić information content (AvgIpc) is 2.47. The van der Waals surface area contributed by atoms with Gasteiger partial charge in [-0.1, -0.05) is 30.3 Å². The molecule has 0 radical (unpaired) electrons. The first-order valence-electron chi connectivity index (χ1n) is 6.10. The molecular formula is C13H18O6. The van der Waals surface area contributed by atoms with Crippen LogP contribution in [-0.4, -0.2) is 58.1 Å². The second-order valence-corrected chi connectivity index (χ2v) is 4.48. The fourth-order valence-corrected chi connectivity index (χ4v) is 1.97. The van der Waals surface area contributed by atoms with E-state index in [0.717, 1.165) is 5.56 Å². The zero-order chi connectivity index (χ0) is 13.8. The predicted octanol–water partition coefficient (Wildman–Crippen LogP) is -0.824. The molecular weight excluding hydrogens is 252 g/mol. The van der Waals surface area contributed by atoms with Gasteiger partial charge in [-0.15, -0.1) is 0 Å². The molecule has 0 saturated carbocycles. The minimum atomic E-state index is -1.38. The van der Waals surface area contributed by atoms with Gasteiger partial charge >= 0.3 is 0 Å². The minimum absolute atomic E-state index is 0.0144. The van der Waals surface area contributed by atoms with Crippen molar-refractivity contribution in [3.63, 3.8) is 0 Å². The fourth-order valence-electron chi connectivity index (χ4n) is 1.97. The van der Waals surface area contributed by atoms with Crippen molar-refractivity contribution < 1.29 is 29.9 Å². The van der Waals surface area contributed by atoms with Crippen LogP contribution in [0.3, 0.4) is 0 Å². The maximum Gasteiger partial charge on any atom is 0.184 e. The molecule has 1 aromatic rings. The predicted molar refractivity (Wildman–Crippen MR) is 65.1 cm³/mol. The molecule has 1 aromatic carbocycles. The summed E-state index contributed by atoms with van der Waals surface area (Å²) >= 11 is 0. The van der Waals surface area contributed by atoms with Crippen LogP contribution in [0.25, 0.3) is 0 Å². The quantitative estimate of drug-likeness (QED) is 0.570. The molecule has 4 N–H and O–H groups in total. The van der Waals surface area contributed by atoms with Crippen LogP contribution in [0.2, 0.25) is 0 Å². The molecule has 1 saturated heterocycles. The van der Waals surface area contributed by atoms with Crippen molar-refractivity contribution in [2.45, 2.75) is 30.7 Å². The Morgan fingerprint density at radius 1 is 1.21 bits per heavy atom. The number of aliphatic hydroxyl groups excluding tert-OH is 4. The molecule has 6 heteroatoms. The lowest BCUT2D eigenvalue weighted by Gasteiger charge is -2.37. The number of hydrogen-bond acceptors (Lipinski definition) is 6. The van der Waals surface area contributed by atoms with Crippen molar-refractivity contribution in [2.24, 2.45) is 0 Å². The molecule has 0 amide bonds. The van der Waals surface area contributed by atoms with Crippen molar-refractivity contribution >= 4 is 0 Å². The monoisotopic (exact) mass is 270 g/mol. The van der Waals surface area contributed by atoms with Gasteiger partial charge in [0.25, 0.3) is 0 Å². The molecule has 6 nitrogen and oxygen atoms in total. The normalized spacial score (nSPS) is 30.8. The Kier molecular flexibility index (Phi) is 4.87. The van der Waals surface area contributed by atoms with Gasteiger partial charge in [-0.05, 0) is 0 Å². The largest absolute Gasteiger partial charge is 0.394 e. The SMILES string of the molecule is OC[C@@H](O)[C@@H](O)[C@@H]1OC(c2ccccc2)OC[C@H]1O. The van der Waals surface area contributed by atoms with Crippen LogP contribution in [0.15, 0.2) is 30.3 Å². The summed E-state index contributed by atoms with van der Waals surface area (Å²) in [6.07, 6.45) is -5.53. The number of benzene rings is 1. The van der Waals surface area contributed by atoms with Gasteiger partial charge in [0.05, 0.1) is 13.2 Å². The van der Waals surface area contributed by atoms with Crippen LogP contribution in [0.4, 0.5) is 0 Å². The summed E-state index contributed by atoms with van der Waals surface area (Å²) in [6.45, 7) is -0.621. The highest BCUT2D eigenvalue weighted by Gasteiger charge is 2.39. The number of ether oxygens (including phenoxy) is 2. The third-order valence-corrected chi connectivity index (χ3v) is 3.07. The Labute approximate surface area is 110 Å². The van der Waals surface area contributed by atoms with Crippen LogP contribution in [0, 0.1) is 0 Å². The van der Waals surface area contributed by atoms with E-state index in [-0.39, 0.29) is 6.61 Å². The summed E-state index contributed by atoms with van der Waals surface area (Å²) in [4.78, 5) is 0. The molecule has 1 unspecified atom stereocenters. The number of hydrogen-bond donors (Lipinski definition) is 4. The van der Waals surface area contributed by atoms with Gasteiger partial charge in [0.1, 0.15) is 24.4 Å². The van der Waals surface area contributed by atoms with Gasteiger partial charge in [0.2, 0.25) is 0 Å². The molecule has 1 aliphatic heterocycles. The highest BCUT2D eigenvalue weighted by Crippen LogP contribution is 2.28. The molecule has 0 bridgehead atoms. The minimum Gasteiger partial charge on any atom is -0.394 e. The first-order chi connectivity index (χ1) is 9.13. The van der Waals surface area contributed by atoms with Crippen molar-refractivity contribution in [1.29, 1.82) is 0 Å². The smallest absolute Gasteiger partial charge is 0.184 e. The van der Waals surface area contributed by atoms with Crippen molar-refractivity contribution in [2.75, 3.05) is 13.2 Å². The Balaban J connectivity index is 2.08. The Morgan fingerprint density at radius 2 is 1.89 bits per heavy atom. The van der Waals surface area contributed by atoms with E-state index in [2.05, 4.69) is 0 Å². The lowest BCUT2D eigenvalue weighted by molar-refractivity contribution is -0.284. The van der Waals surface area contributed by atoms with Gasteiger partial charge in [-0.2, -0.15) is 0 Å². The van der Waals surface area contributed by atoms with E-state index >= 15 is 0 Å². The van der Waals surface area contributed by atoms with Crippen LogP contribution in [-0.2, 0) is 9.47 Å². The standard InChI is InChI=1S/C13H18O6/c14-6-9(15)11(17)12-10(16)7-18-13(19-12)8-4-2-1-3-5-8/h1-5,9-17H,6-7H2/t9-,10-,11-,12-,13?/m1/s1. The Morgan fingerprint density at radius 3 is 2.53 bits per heavy atom. The van der Waals surface area contributed by atoms with E-state index < -0.39 is 37.3 Å². The van der Waals surface area contributed by atoms with Crippen molar-refractivity contribution in [3.8, 4) is 0 Å². The first-order valence-corrected chi connectivity index (χ1v) is 6.10. The highest BCUT2D eigenvalue weighted by atomic mass is 16.7. The van der Waals surface area contributed by atoms with Gasteiger partial charge in [-0.3, -0.25) is 0 Å². The molecule has 0 aliphatic carbocycles. The second kappa shape index (κ2) is 6.42. The first kappa shape index (κ1) is 14.4. The van der Waals surface area contributed by atoms with Gasteiger partial charge < -0.3 is 29.9 Å². The summed E-state index contributed by atoms with van der Waals surface area (Å²) in [5.41, 5.74) is 0.755. The lowest BCUT2D eigenvalue weighted by atomic mass is 10.0. The molecule has 2 rings (SSSR count).